The van der Waals surface area contributed by atoms with Crippen LogP contribution in [0, 0.1) is 5.92 Å². The lowest BCUT2D eigenvalue weighted by Gasteiger charge is -2.24. The zero-order chi connectivity index (χ0) is 15.3. The number of rotatable bonds is 7. The summed E-state index contributed by atoms with van der Waals surface area (Å²) in [4.78, 5) is 0.305. The summed E-state index contributed by atoms with van der Waals surface area (Å²) >= 11 is 3.34. The van der Waals surface area contributed by atoms with Crippen LogP contribution in [-0.4, -0.2) is 25.8 Å². The Morgan fingerprint density at radius 3 is 2.45 bits per heavy atom. The summed E-state index contributed by atoms with van der Waals surface area (Å²) in [5, 5.41) is 0. The van der Waals surface area contributed by atoms with Gasteiger partial charge in [-0.05, 0) is 39.5 Å². The quantitative estimate of drug-likeness (QED) is 0.810. The lowest BCUT2D eigenvalue weighted by molar-refractivity contribution is 0.361. The minimum atomic E-state index is -3.47. The van der Waals surface area contributed by atoms with Gasteiger partial charge in [0.25, 0.3) is 0 Å². The van der Waals surface area contributed by atoms with Crippen molar-refractivity contribution in [2.45, 2.75) is 38.6 Å². The molecule has 0 saturated carbocycles. The van der Waals surface area contributed by atoms with Gasteiger partial charge in [0.2, 0.25) is 10.0 Å². The first kappa shape index (κ1) is 17.6. The predicted molar refractivity (Wildman–Crippen MR) is 85.9 cm³/mol. The average Bonchev–Trinajstić information content (AvgIpc) is 2.43. The molecule has 1 atom stereocenters. The van der Waals surface area contributed by atoms with Gasteiger partial charge >= 0.3 is 0 Å². The second-order valence-corrected chi connectivity index (χ2v) is 7.70. The first-order chi connectivity index (χ1) is 9.36. The molecule has 4 nitrogen and oxygen atoms in total. The molecule has 0 saturated heterocycles. The zero-order valence-electron chi connectivity index (χ0n) is 12.3. The number of benzene rings is 1. The van der Waals surface area contributed by atoms with Crippen LogP contribution in [-0.2, 0) is 16.6 Å². The largest absolute Gasteiger partial charge is 0.326 e. The van der Waals surface area contributed by atoms with Crippen molar-refractivity contribution in [2.75, 3.05) is 13.1 Å². The highest BCUT2D eigenvalue weighted by atomic mass is 79.9. The molecule has 0 amide bonds. The predicted octanol–water partition coefficient (Wildman–Crippen LogP) is 2.96. The van der Waals surface area contributed by atoms with E-state index in [-0.39, 0.29) is 0 Å². The first-order valence-corrected chi connectivity index (χ1v) is 9.08. The summed E-state index contributed by atoms with van der Waals surface area (Å²) in [6, 6.07) is 5.15. The molecule has 0 heterocycles. The Bertz CT molecular complexity index is 546. The van der Waals surface area contributed by atoms with Gasteiger partial charge in [-0.1, -0.05) is 33.3 Å². The van der Waals surface area contributed by atoms with Crippen molar-refractivity contribution in [3.63, 3.8) is 0 Å². The van der Waals surface area contributed by atoms with Crippen LogP contribution >= 0.6 is 15.9 Å². The molecule has 1 aromatic carbocycles. The molecular weight excluding hydrogens is 340 g/mol. The van der Waals surface area contributed by atoms with Gasteiger partial charge < -0.3 is 5.73 Å². The van der Waals surface area contributed by atoms with Crippen molar-refractivity contribution in [3.05, 3.63) is 28.2 Å². The summed E-state index contributed by atoms with van der Waals surface area (Å²) < 4.78 is 27.5. The molecule has 2 N–H and O–H groups in total. The van der Waals surface area contributed by atoms with Crippen LogP contribution in [0.4, 0.5) is 0 Å². The van der Waals surface area contributed by atoms with Gasteiger partial charge in [-0.2, -0.15) is 4.31 Å². The maximum Gasteiger partial charge on any atom is 0.244 e. The maximum atomic E-state index is 12.7. The highest BCUT2D eigenvalue weighted by molar-refractivity contribution is 9.10. The van der Waals surface area contributed by atoms with E-state index in [1.165, 1.54) is 4.31 Å². The fourth-order valence-corrected chi connectivity index (χ4v) is 4.55. The number of halogens is 1. The number of hydrogen-bond donors (Lipinski definition) is 1. The lowest BCUT2D eigenvalue weighted by atomic mass is 10.1. The molecule has 0 aliphatic rings. The van der Waals surface area contributed by atoms with Crippen LogP contribution in [0.1, 0.15) is 32.8 Å². The molecule has 0 aromatic heterocycles. The molecule has 114 valence electrons. The van der Waals surface area contributed by atoms with Crippen LogP contribution in [0.2, 0.25) is 0 Å². The Morgan fingerprint density at radius 2 is 2.00 bits per heavy atom. The minimum absolute atomic E-state index is 0.305. The Hall–Kier alpha value is -0.430. The van der Waals surface area contributed by atoms with E-state index in [1.807, 2.05) is 6.92 Å². The average molecular weight is 363 g/mol. The molecule has 20 heavy (non-hydrogen) atoms. The molecule has 0 fully saturated rings. The molecule has 0 bridgehead atoms. The van der Waals surface area contributed by atoms with Crippen LogP contribution in [0.15, 0.2) is 27.6 Å². The normalized spacial score (nSPS) is 13.7. The number of hydrogen-bond acceptors (Lipinski definition) is 3. The van der Waals surface area contributed by atoms with Crippen molar-refractivity contribution in [2.24, 2.45) is 11.7 Å². The van der Waals surface area contributed by atoms with E-state index >= 15 is 0 Å². The monoisotopic (exact) mass is 362 g/mol. The third kappa shape index (κ3) is 4.04. The molecule has 1 aromatic rings. The zero-order valence-corrected chi connectivity index (χ0v) is 14.7. The smallest absolute Gasteiger partial charge is 0.244 e. The fourth-order valence-electron chi connectivity index (χ4n) is 1.89. The van der Waals surface area contributed by atoms with Gasteiger partial charge in [-0.3, -0.25) is 0 Å². The first-order valence-electron chi connectivity index (χ1n) is 6.85. The van der Waals surface area contributed by atoms with Gasteiger partial charge in [0.15, 0.2) is 0 Å². The third-order valence-corrected chi connectivity index (χ3v) is 6.33. The van der Waals surface area contributed by atoms with Crippen molar-refractivity contribution < 1.29 is 8.42 Å². The summed E-state index contributed by atoms with van der Waals surface area (Å²) in [6.07, 6.45) is 0.958. The van der Waals surface area contributed by atoms with E-state index in [1.54, 1.807) is 18.2 Å². The minimum Gasteiger partial charge on any atom is -0.326 e. The standard InChI is InChI=1S/C14H23BrN2O2S/c1-4-11(3)10-17(5-2)20(18,19)14-7-6-12(9-16)8-13(14)15/h6-8,11H,4-5,9-10,16H2,1-3H3. The van der Waals surface area contributed by atoms with E-state index < -0.39 is 10.0 Å². The molecular formula is C14H23BrN2O2S. The second kappa shape index (κ2) is 7.54. The van der Waals surface area contributed by atoms with Crippen LogP contribution in [0.3, 0.4) is 0 Å². The van der Waals surface area contributed by atoms with Crippen LogP contribution < -0.4 is 5.73 Å². The number of sulfonamides is 1. The lowest BCUT2D eigenvalue weighted by Crippen LogP contribution is -2.34. The van der Waals surface area contributed by atoms with Gasteiger partial charge in [0, 0.05) is 24.1 Å². The van der Waals surface area contributed by atoms with E-state index in [0.717, 1.165) is 12.0 Å². The van der Waals surface area contributed by atoms with E-state index in [9.17, 15) is 8.42 Å². The molecule has 0 aliphatic carbocycles. The molecule has 0 radical (unpaired) electrons. The Balaban J connectivity index is 3.14. The highest BCUT2D eigenvalue weighted by Crippen LogP contribution is 2.26. The topological polar surface area (TPSA) is 63.4 Å². The van der Waals surface area contributed by atoms with Crippen molar-refractivity contribution >= 4 is 26.0 Å². The number of nitrogens with two attached hydrogens (primary N) is 1. The van der Waals surface area contributed by atoms with E-state index in [0.29, 0.717) is 34.9 Å². The Morgan fingerprint density at radius 1 is 1.35 bits per heavy atom. The van der Waals surface area contributed by atoms with Crippen LogP contribution in [0.5, 0.6) is 0 Å². The summed E-state index contributed by atoms with van der Waals surface area (Å²) in [5.74, 6) is 0.340. The Labute approximate surface area is 130 Å². The summed E-state index contributed by atoms with van der Waals surface area (Å²) in [6.45, 7) is 7.39. The second-order valence-electron chi connectivity index (χ2n) is 4.94. The van der Waals surface area contributed by atoms with Crippen molar-refractivity contribution in [3.8, 4) is 0 Å². The molecule has 0 spiro atoms. The fraction of sp³-hybridized carbons (Fsp3) is 0.571. The van der Waals surface area contributed by atoms with Gasteiger partial charge in [0.1, 0.15) is 0 Å². The molecule has 0 aliphatic heterocycles. The molecule has 1 rings (SSSR count). The van der Waals surface area contributed by atoms with E-state index in [2.05, 4.69) is 29.8 Å². The van der Waals surface area contributed by atoms with Crippen molar-refractivity contribution in [1.29, 1.82) is 0 Å². The van der Waals surface area contributed by atoms with E-state index in [4.69, 9.17) is 5.73 Å². The summed E-state index contributed by atoms with van der Waals surface area (Å²) in [7, 11) is -3.47. The molecule has 1 unspecified atom stereocenters. The maximum absolute atomic E-state index is 12.7. The highest BCUT2D eigenvalue weighted by Gasteiger charge is 2.26. The SMILES string of the molecule is CCC(C)CN(CC)S(=O)(=O)c1ccc(CN)cc1Br. The van der Waals surface area contributed by atoms with Crippen molar-refractivity contribution in [1.82, 2.24) is 4.31 Å². The van der Waals surface area contributed by atoms with Gasteiger partial charge in [0.05, 0.1) is 4.90 Å². The summed E-state index contributed by atoms with van der Waals surface area (Å²) in [5.41, 5.74) is 6.47. The molecule has 6 heteroatoms. The Kier molecular flexibility index (Phi) is 6.64. The number of nitrogens with zero attached hydrogens (tertiary/aromatic N) is 1. The van der Waals surface area contributed by atoms with Crippen LogP contribution in [0.25, 0.3) is 0 Å². The van der Waals surface area contributed by atoms with Gasteiger partial charge in [-0.15, -0.1) is 0 Å². The van der Waals surface area contributed by atoms with Gasteiger partial charge in [-0.25, -0.2) is 8.42 Å². The third-order valence-electron chi connectivity index (χ3n) is 3.41.